The molecule has 1 aromatic heterocycles. The van der Waals surface area contributed by atoms with Gasteiger partial charge < -0.3 is 9.32 Å². The minimum Gasteiger partial charge on any atom is -0.411 e. The molecule has 0 aliphatic carbocycles. The fourth-order valence-electron chi connectivity index (χ4n) is 3.78. The maximum atomic E-state index is 12.8. The van der Waals surface area contributed by atoms with E-state index in [4.69, 9.17) is 4.42 Å². The van der Waals surface area contributed by atoms with Gasteiger partial charge in [-0.25, -0.2) is 0 Å². The van der Waals surface area contributed by atoms with Crippen LogP contribution in [-0.4, -0.2) is 28.4 Å². The minimum absolute atomic E-state index is 0.0621. The van der Waals surface area contributed by atoms with Gasteiger partial charge in [-0.1, -0.05) is 66.4 Å². The molecule has 0 saturated heterocycles. The Kier molecular flexibility index (Phi) is 4.77. The Balaban J connectivity index is 1.32. The van der Waals surface area contributed by atoms with Crippen molar-refractivity contribution in [2.45, 2.75) is 18.1 Å². The van der Waals surface area contributed by atoms with Gasteiger partial charge in [-0.3, -0.25) is 4.79 Å². The van der Waals surface area contributed by atoms with Crippen molar-refractivity contribution in [2.75, 3.05) is 17.2 Å². The average molecular weight is 401 g/mol. The van der Waals surface area contributed by atoms with Gasteiger partial charge in [-0.15, -0.1) is 10.2 Å². The van der Waals surface area contributed by atoms with E-state index in [1.54, 1.807) is 0 Å². The molecule has 4 aromatic rings. The molecule has 0 fully saturated rings. The van der Waals surface area contributed by atoms with Crippen molar-refractivity contribution >= 4 is 34.1 Å². The van der Waals surface area contributed by atoms with Crippen molar-refractivity contribution in [3.63, 3.8) is 0 Å². The first-order valence-corrected chi connectivity index (χ1v) is 10.6. The molecule has 0 spiro atoms. The standard InChI is InChI=1S/C23H19N3O2S/c27-21(26-14-6-10-17-8-2-4-13-20(17)26)15-29-23-25-24-22(28-23)19-12-5-9-16-7-1-3-11-18(16)19/h1-5,7-9,11-13H,6,10,14-15H2. The highest BCUT2D eigenvalue weighted by atomic mass is 32.2. The number of hydrogen-bond acceptors (Lipinski definition) is 5. The number of aryl methyl sites for hydroxylation is 1. The van der Waals surface area contributed by atoms with Crippen LogP contribution in [0.25, 0.3) is 22.2 Å². The topological polar surface area (TPSA) is 59.2 Å². The van der Waals surface area contributed by atoms with Gasteiger partial charge >= 0.3 is 0 Å². The van der Waals surface area contributed by atoms with Gasteiger partial charge in [-0.2, -0.15) is 0 Å². The normalized spacial score (nSPS) is 13.4. The molecule has 144 valence electrons. The van der Waals surface area contributed by atoms with Crippen LogP contribution in [0.1, 0.15) is 12.0 Å². The zero-order chi connectivity index (χ0) is 19.6. The molecule has 5 rings (SSSR count). The maximum absolute atomic E-state index is 12.8. The monoisotopic (exact) mass is 401 g/mol. The molecule has 0 bridgehead atoms. The van der Waals surface area contributed by atoms with Gasteiger partial charge in [0.15, 0.2) is 0 Å². The van der Waals surface area contributed by atoms with Crippen molar-refractivity contribution in [1.82, 2.24) is 10.2 Å². The number of amides is 1. The first-order valence-electron chi connectivity index (χ1n) is 9.62. The number of carbonyl (C=O) groups excluding carboxylic acids is 1. The van der Waals surface area contributed by atoms with E-state index in [1.807, 2.05) is 53.4 Å². The molecule has 3 aromatic carbocycles. The molecule has 5 nitrogen and oxygen atoms in total. The number of thioether (sulfide) groups is 1. The van der Waals surface area contributed by atoms with Gasteiger partial charge in [0, 0.05) is 17.8 Å². The molecule has 6 heteroatoms. The molecule has 0 N–H and O–H groups in total. The van der Waals surface area contributed by atoms with Gasteiger partial charge in [-0.05, 0) is 41.3 Å². The van der Waals surface area contributed by atoms with Crippen molar-refractivity contribution in [2.24, 2.45) is 0 Å². The molecular formula is C23H19N3O2S. The highest BCUT2D eigenvalue weighted by molar-refractivity contribution is 7.99. The highest BCUT2D eigenvalue weighted by Gasteiger charge is 2.23. The Morgan fingerprint density at radius 3 is 2.79 bits per heavy atom. The Morgan fingerprint density at radius 1 is 1.00 bits per heavy atom. The predicted octanol–water partition coefficient (Wildman–Crippen LogP) is 4.96. The maximum Gasteiger partial charge on any atom is 0.277 e. The Hall–Kier alpha value is -3.12. The summed E-state index contributed by atoms with van der Waals surface area (Å²) >= 11 is 1.29. The second-order valence-electron chi connectivity index (χ2n) is 6.97. The van der Waals surface area contributed by atoms with Gasteiger partial charge in [0.2, 0.25) is 11.8 Å². The average Bonchev–Trinajstić information content (AvgIpc) is 3.25. The van der Waals surface area contributed by atoms with Crippen LogP contribution in [0.5, 0.6) is 0 Å². The van der Waals surface area contributed by atoms with Crippen LogP contribution in [0.15, 0.2) is 76.4 Å². The Bertz CT molecular complexity index is 1180. The van der Waals surface area contributed by atoms with E-state index in [0.717, 1.165) is 41.4 Å². The van der Waals surface area contributed by atoms with E-state index < -0.39 is 0 Å². The number of rotatable bonds is 4. The number of anilines is 1. The van der Waals surface area contributed by atoms with E-state index in [2.05, 4.69) is 28.4 Å². The summed E-state index contributed by atoms with van der Waals surface area (Å²) in [5, 5.41) is 10.9. The molecule has 1 amide bonds. The lowest BCUT2D eigenvalue weighted by molar-refractivity contribution is -0.116. The number of aromatic nitrogens is 2. The van der Waals surface area contributed by atoms with Gasteiger partial charge in [0.25, 0.3) is 5.22 Å². The van der Waals surface area contributed by atoms with E-state index in [-0.39, 0.29) is 11.7 Å². The second kappa shape index (κ2) is 7.72. The molecule has 1 aliphatic rings. The van der Waals surface area contributed by atoms with Crippen molar-refractivity contribution in [1.29, 1.82) is 0 Å². The van der Waals surface area contributed by atoms with E-state index in [1.165, 1.54) is 17.3 Å². The third-order valence-electron chi connectivity index (χ3n) is 5.16. The summed E-state index contributed by atoms with van der Waals surface area (Å²) in [5.41, 5.74) is 3.15. The van der Waals surface area contributed by atoms with Crippen LogP contribution in [0, 0.1) is 0 Å². The second-order valence-corrected chi connectivity index (χ2v) is 7.89. The summed E-state index contributed by atoms with van der Waals surface area (Å²) in [6.45, 7) is 0.751. The lowest BCUT2D eigenvalue weighted by Gasteiger charge is -2.29. The van der Waals surface area contributed by atoms with Crippen LogP contribution in [0.2, 0.25) is 0 Å². The highest BCUT2D eigenvalue weighted by Crippen LogP contribution is 2.31. The third kappa shape index (κ3) is 3.51. The SMILES string of the molecule is O=C(CSc1nnc(-c2cccc3ccccc23)o1)N1CCCc2ccccc21. The molecule has 2 heterocycles. The summed E-state index contributed by atoms with van der Waals surface area (Å²) in [6, 6.07) is 22.2. The summed E-state index contributed by atoms with van der Waals surface area (Å²) in [4.78, 5) is 14.7. The van der Waals surface area contributed by atoms with Crippen molar-refractivity contribution in [3.8, 4) is 11.5 Å². The molecule has 0 radical (unpaired) electrons. The first-order chi connectivity index (χ1) is 14.3. The lowest BCUT2D eigenvalue weighted by atomic mass is 10.0. The summed E-state index contributed by atoms with van der Waals surface area (Å²) < 4.78 is 5.86. The zero-order valence-corrected chi connectivity index (χ0v) is 16.6. The first kappa shape index (κ1) is 17.9. The molecular weight excluding hydrogens is 382 g/mol. The predicted molar refractivity (Wildman–Crippen MR) is 115 cm³/mol. The Morgan fingerprint density at radius 2 is 1.83 bits per heavy atom. The van der Waals surface area contributed by atoms with Crippen LogP contribution < -0.4 is 4.90 Å². The van der Waals surface area contributed by atoms with E-state index >= 15 is 0 Å². The summed E-state index contributed by atoms with van der Waals surface area (Å²) in [5.74, 6) is 0.804. The molecule has 0 saturated carbocycles. The summed E-state index contributed by atoms with van der Waals surface area (Å²) in [7, 11) is 0. The van der Waals surface area contributed by atoms with Crippen molar-refractivity contribution < 1.29 is 9.21 Å². The fourth-order valence-corrected chi connectivity index (χ4v) is 4.42. The number of fused-ring (bicyclic) bond motifs is 2. The van der Waals surface area contributed by atoms with Crippen molar-refractivity contribution in [3.05, 3.63) is 72.3 Å². The van der Waals surface area contributed by atoms with E-state index in [9.17, 15) is 4.79 Å². The van der Waals surface area contributed by atoms with Crippen LogP contribution in [0.4, 0.5) is 5.69 Å². The number of benzene rings is 3. The number of hydrogen-bond donors (Lipinski definition) is 0. The molecule has 29 heavy (non-hydrogen) atoms. The number of carbonyl (C=O) groups is 1. The Labute approximate surface area is 172 Å². The van der Waals surface area contributed by atoms with Gasteiger partial charge in [0.1, 0.15) is 0 Å². The van der Waals surface area contributed by atoms with Crippen LogP contribution in [0.3, 0.4) is 0 Å². The lowest BCUT2D eigenvalue weighted by Crippen LogP contribution is -2.36. The smallest absolute Gasteiger partial charge is 0.277 e. The molecule has 0 atom stereocenters. The number of nitrogens with zero attached hydrogens (tertiary/aromatic N) is 3. The quantitative estimate of drug-likeness (QED) is 0.452. The fraction of sp³-hybridized carbons (Fsp3) is 0.174. The summed E-state index contributed by atoms with van der Waals surface area (Å²) in [6.07, 6.45) is 2.00. The minimum atomic E-state index is 0.0621. The number of para-hydroxylation sites is 1. The van der Waals surface area contributed by atoms with E-state index in [0.29, 0.717) is 11.1 Å². The molecule has 0 unspecified atom stereocenters. The largest absolute Gasteiger partial charge is 0.411 e. The third-order valence-corrected chi connectivity index (χ3v) is 5.96. The molecule has 1 aliphatic heterocycles. The van der Waals surface area contributed by atoms with Gasteiger partial charge in [0.05, 0.1) is 5.75 Å². The van der Waals surface area contributed by atoms with Crippen LogP contribution in [-0.2, 0) is 11.2 Å². The zero-order valence-electron chi connectivity index (χ0n) is 15.7. The van der Waals surface area contributed by atoms with Crippen LogP contribution >= 0.6 is 11.8 Å².